The molecule has 2 aliphatic heterocycles. The molecule has 0 radical (unpaired) electrons. The Labute approximate surface area is 155 Å². The van der Waals surface area contributed by atoms with Gasteiger partial charge >= 0.3 is 0 Å². The number of ether oxygens (including phenoxy) is 1. The minimum atomic E-state index is -0.0542. The molecule has 0 aromatic carbocycles. The summed E-state index contributed by atoms with van der Waals surface area (Å²) in [6, 6.07) is 0. The van der Waals surface area contributed by atoms with Crippen molar-refractivity contribution in [3.05, 3.63) is 11.7 Å². The molecule has 0 bridgehead atoms. The second kappa shape index (κ2) is 7.67. The highest BCUT2D eigenvalue weighted by Crippen LogP contribution is 2.39. The third kappa shape index (κ3) is 3.95. The summed E-state index contributed by atoms with van der Waals surface area (Å²) in [7, 11) is 0. The highest BCUT2D eigenvalue weighted by molar-refractivity contribution is 5.79. The normalized spacial score (nSPS) is 27.0. The van der Waals surface area contributed by atoms with Gasteiger partial charge in [-0.05, 0) is 51.4 Å². The van der Waals surface area contributed by atoms with Crippen molar-refractivity contribution in [3.8, 4) is 0 Å². The number of aromatic nitrogens is 2. The molecule has 1 aromatic rings. The monoisotopic (exact) mass is 361 g/mol. The fourth-order valence-electron chi connectivity index (χ4n) is 5.06. The molecule has 6 heteroatoms. The molecule has 2 saturated heterocycles. The van der Waals surface area contributed by atoms with Crippen LogP contribution in [0.2, 0.25) is 0 Å². The molecule has 6 nitrogen and oxygen atoms in total. The van der Waals surface area contributed by atoms with E-state index in [0.29, 0.717) is 17.6 Å². The lowest BCUT2D eigenvalue weighted by atomic mass is 9.78. The average molecular weight is 361 g/mol. The van der Waals surface area contributed by atoms with Crippen LogP contribution in [0.15, 0.2) is 4.52 Å². The summed E-state index contributed by atoms with van der Waals surface area (Å²) in [4.78, 5) is 19.3. The number of aryl methyl sites for hydroxylation is 1. The minimum Gasteiger partial charge on any atom is -0.375 e. The van der Waals surface area contributed by atoms with E-state index >= 15 is 0 Å². The third-order valence-corrected chi connectivity index (χ3v) is 6.57. The van der Waals surface area contributed by atoms with Crippen molar-refractivity contribution in [1.29, 1.82) is 0 Å². The fourth-order valence-corrected chi connectivity index (χ4v) is 5.06. The Morgan fingerprint density at radius 3 is 2.65 bits per heavy atom. The molecule has 3 fully saturated rings. The van der Waals surface area contributed by atoms with Gasteiger partial charge in [0.15, 0.2) is 5.82 Å². The summed E-state index contributed by atoms with van der Waals surface area (Å²) in [6.45, 7) is 4.36. The summed E-state index contributed by atoms with van der Waals surface area (Å²) in [6.07, 6.45) is 10.8. The Balaban J connectivity index is 1.31. The van der Waals surface area contributed by atoms with E-state index in [1.54, 1.807) is 0 Å². The smallest absolute Gasteiger partial charge is 0.226 e. The maximum atomic E-state index is 12.8. The summed E-state index contributed by atoms with van der Waals surface area (Å²) in [5.74, 6) is 2.65. The average Bonchev–Trinajstić information content (AvgIpc) is 3.07. The molecule has 1 aliphatic carbocycles. The molecule has 1 atom stereocenters. The Hall–Kier alpha value is -1.43. The molecule has 26 heavy (non-hydrogen) atoms. The molecule has 0 N–H and O–H groups in total. The molecule has 1 spiro atoms. The second-order valence-electron chi connectivity index (χ2n) is 8.49. The van der Waals surface area contributed by atoms with E-state index in [-0.39, 0.29) is 11.5 Å². The topological polar surface area (TPSA) is 68.5 Å². The molecule has 144 valence electrons. The van der Waals surface area contributed by atoms with Gasteiger partial charge in [0.05, 0.1) is 5.60 Å². The van der Waals surface area contributed by atoms with Gasteiger partial charge in [-0.1, -0.05) is 24.4 Å². The number of carbonyl (C=O) groups excluding carboxylic acids is 1. The Kier molecular flexibility index (Phi) is 5.30. The maximum Gasteiger partial charge on any atom is 0.226 e. The standard InChI is InChI=1S/C20H31N3O3/c1-15-21-18(26-22-15)13-16-7-12-25-20(14-16)8-10-23(11-9-20)19(24)17-5-3-2-4-6-17/h16-17H,2-14H2,1H3. The highest BCUT2D eigenvalue weighted by atomic mass is 16.5. The molecule has 1 amide bonds. The first-order valence-electron chi connectivity index (χ1n) is 10.4. The van der Waals surface area contributed by atoms with Crippen LogP contribution in [-0.4, -0.2) is 46.2 Å². The first kappa shape index (κ1) is 18.0. The van der Waals surface area contributed by atoms with Crippen LogP contribution in [0.4, 0.5) is 0 Å². The first-order valence-corrected chi connectivity index (χ1v) is 10.4. The molecule has 3 heterocycles. The van der Waals surface area contributed by atoms with Gasteiger partial charge in [0.2, 0.25) is 11.8 Å². The van der Waals surface area contributed by atoms with Gasteiger partial charge in [-0.2, -0.15) is 4.98 Å². The lowest BCUT2D eigenvalue weighted by molar-refractivity contribution is -0.151. The lowest BCUT2D eigenvalue weighted by Gasteiger charge is -2.46. The summed E-state index contributed by atoms with van der Waals surface area (Å²) in [5, 5.41) is 3.90. The van der Waals surface area contributed by atoms with Crippen LogP contribution in [0.5, 0.6) is 0 Å². The van der Waals surface area contributed by atoms with E-state index in [1.807, 2.05) is 6.92 Å². The van der Waals surface area contributed by atoms with Gasteiger partial charge in [-0.25, -0.2) is 0 Å². The number of piperidine rings is 1. The number of hydrogen-bond donors (Lipinski definition) is 0. The van der Waals surface area contributed by atoms with E-state index in [2.05, 4.69) is 15.0 Å². The third-order valence-electron chi connectivity index (χ3n) is 6.57. The zero-order valence-corrected chi connectivity index (χ0v) is 15.9. The van der Waals surface area contributed by atoms with Gasteiger partial charge in [-0.15, -0.1) is 0 Å². The minimum absolute atomic E-state index is 0.0542. The summed E-state index contributed by atoms with van der Waals surface area (Å²) < 4.78 is 11.6. The number of carbonyl (C=O) groups is 1. The van der Waals surface area contributed by atoms with Crippen LogP contribution >= 0.6 is 0 Å². The van der Waals surface area contributed by atoms with Gasteiger partial charge in [0.25, 0.3) is 0 Å². The lowest BCUT2D eigenvalue weighted by Crippen LogP contribution is -2.52. The van der Waals surface area contributed by atoms with Crippen LogP contribution in [-0.2, 0) is 16.0 Å². The summed E-state index contributed by atoms with van der Waals surface area (Å²) in [5.41, 5.74) is -0.0542. The van der Waals surface area contributed by atoms with Crippen LogP contribution in [0, 0.1) is 18.8 Å². The number of hydrogen-bond acceptors (Lipinski definition) is 5. The van der Waals surface area contributed by atoms with Crippen molar-refractivity contribution in [1.82, 2.24) is 15.0 Å². The second-order valence-corrected chi connectivity index (χ2v) is 8.49. The molecule has 1 saturated carbocycles. The highest BCUT2D eigenvalue weighted by Gasteiger charge is 2.42. The first-order chi connectivity index (χ1) is 12.6. The zero-order valence-electron chi connectivity index (χ0n) is 15.9. The van der Waals surface area contributed by atoms with E-state index in [0.717, 1.165) is 70.5 Å². The molecule has 1 aromatic heterocycles. The predicted octanol–water partition coefficient (Wildman–Crippen LogP) is 3.29. The van der Waals surface area contributed by atoms with Crippen molar-refractivity contribution in [2.45, 2.75) is 76.7 Å². The largest absolute Gasteiger partial charge is 0.375 e. The Morgan fingerprint density at radius 1 is 1.19 bits per heavy atom. The van der Waals surface area contributed by atoms with Crippen LogP contribution < -0.4 is 0 Å². The van der Waals surface area contributed by atoms with E-state index in [1.165, 1.54) is 19.3 Å². The number of rotatable bonds is 3. The zero-order chi connectivity index (χ0) is 18.0. The quantitative estimate of drug-likeness (QED) is 0.826. The SMILES string of the molecule is Cc1noc(CC2CCOC3(CCN(C(=O)C4CCCCC4)CC3)C2)n1. The van der Waals surface area contributed by atoms with Gasteiger partial charge in [0.1, 0.15) is 0 Å². The van der Waals surface area contributed by atoms with Crippen molar-refractivity contribution < 1.29 is 14.1 Å². The van der Waals surface area contributed by atoms with Crippen LogP contribution in [0.25, 0.3) is 0 Å². The van der Waals surface area contributed by atoms with Crippen molar-refractivity contribution >= 4 is 5.91 Å². The van der Waals surface area contributed by atoms with E-state index < -0.39 is 0 Å². The van der Waals surface area contributed by atoms with Crippen LogP contribution in [0.1, 0.15) is 69.5 Å². The van der Waals surface area contributed by atoms with Crippen molar-refractivity contribution in [3.63, 3.8) is 0 Å². The van der Waals surface area contributed by atoms with E-state index in [9.17, 15) is 4.79 Å². The van der Waals surface area contributed by atoms with Crippen LogP contribution in [0.3, 0.4) is 0 Å². The molecule has 1 unspecified atom stereocenters. The van der Waals surface area contributed by atoms with Crippen molar-refractivity contribution in [2.24, 2.45) is 11.8 Å². The predicted molar refractivity (Wildman–Crippen MR) is 96.5 cm³/mol. The number of amides is 1. The summed E-state index contributed by atoms with van der Waals surface area (Å²) >= 11 is 0. The number of likely N-dealkylation sites (tertiary alicyclic amines) is 1. The van der Waals surface area contributed by atoms with Gasteiger partial charge in [0, 0.05) is 32.0 Å². The molecular formula is C20H31N3O3. The van der Waals surface area contributed by atoms with Gasteiger partial charge < -0.3 is 14.2 Å². The molecule has 3 aliphatic rings. The van der Waals surface area contributed by atoms with Gasteiger partial charge in [-0.3, -0.25) is 4.79 Å². The molecule has 4 rings (SSSR count). The fraction of sp³-hybridized carbons (Fsp3) is 0.850. The Morgan fingerprint density at radius 2 is 1.96 bits per heavy atom. The molecular weight excluding hydrogens is 330 g/mol. The van der Waals surface area contributed by atoms with Crippen molar-refractivity contribution in [2.75, 3.05) is 19.7 Å². The maximum absolute atomic E-state index is 12.8. The van der Waals surface area contributed by atoms with E-state index in [4.69, 9.17) is 9.26 Å². The Bertz CT molecular complexity index is 616. The number of nitrogens with zero attached hydrogens (tertiary/aromatic N) is 3.